The number of halogens is 3. The topological polar surface area (TPSA) is 38.3 Å². The third-order valence-electron chi connectivity index (χ3n) is 3.00. The Kier molecular flexibility index (Phi) is 5.27. The van der Waals surface area contributed by atoms with Gasteiger partial charge in [-0.15, -0.1) is 0 Å². The monoisotopic (exact) mass is 341 g/mol. The Morgan fingerprint density at radius 1 is 1.23 bits per heavy atom. The van der Waals surface area contributed by atoms with Crippen molar-refractivity contribution < 1.29 is 13.9 Å². The van der Waals surface area contributed by atoms with Crippen molar-refractivity contribution in [2.45, 2.75) is 20.0 Å². The summed E-state index contributed by atoms with van der Waals surface area (Å²) < 4.78 is 18.7. The van der Waals surface area contributed by atoms with Crippen LogP contribution in [0.3, 0.4) is 0 Å². The van der Waals surface area contributed by atoms with Crippen LogP contribution in [0.15, 0.2) is 36.4 Å². The molecule has 0 saturated carbocycles. The number of hydrogen-bond acceptors (Lipinski definition) is 2. The lowest BCUT2D eigenvalue weighted by molar-refractivity contribution is -0.122. The molecular weight excluding hydrogens is 328 g/mol. The number of amides is 1. The summed E-state index contributed by atoms with van der Waals surface area (Å²) in [5.41, 5.74) is 1.23. The zero-order valence-corrected chi connectivity index (χ0v) is 13.5. The molecule has 2 aromatic carbocycles. The minimum absolute atomic E-state index is 0.0556. The fourth-order valence-corrected chi connectivity index (χ4v) is 2.21. The molecule has 0 radical (unpaired) electrons. The van der Waals surface area contributed by atoms with Crippen molar-refractivity contribution in [2.24, 2.45) is 0 Å². The Bertz CT molecular complexity index is 707. The lowest BCUT2D eigenvalue weighted by Crippen LogP contribution is -2.30. The predicted octanol–water partition coefficient (Wildman–Crippen LogP) is 4.85. The zero-order chi connectivity index (χ0) is 16.3. The first-order valence-electron chi connectivity index (χ1n) is 6.55. The SMILES string of the molecule is Cc1cc(Cl)ccc1O[C@@H](C)C(=O)Nc1ccc(F)c(Cl)c1. The van der Waals surface area contributed by atoms with Crippen LogP contribution < -0.4 is 10.1 Å². The Morgan fingerprint density at radius 2 is 1.95 bits per heavy atom. The first-order chi connectivity index (χ1) is 10.4. The van der Waals surface area contributed by atoms with Crippen LogP contribution >= 0.6 is 23.2 Å². The molecule has 0 bridgehead atoms. The molecule has 0 saturated heterocycles. The Balaban J connectivity index is 2.04. The number of hydrogen-bond donors (Lipinski definition) is 1. The number of anilines is 1. The summed E-state index contributed by atoms with van der Waals surface area (Å²) in [6.07, 6.45) is -0.733. The minimum Gasteiger partial charge on any atom is -0.481 e. The number of carbonyl (C=O) groups excluding carboxylic acids is 1. The standard InChI is InChI=1S/C16H14Cl2FNO2/c1-9-7-11(17)3-6-15(9)22-10(2)16(21)20-12-4-5-14(19)13(18)8-12/h3-8,10H,1-2H3,(H,20,21)/t10-/m0/s1. The number of rotatable bonds is 4. The van der Waals surface area contributed by atoms with Gasteiger partial charge >= 0.3 is 0 Å². The summed E-state index contributed by atoms with van der Waals surface area (Å²) >= 11 is 11.5. The first kappa shape index (κ1) is 16.6. The molecule has 22 heavy (non-hydrogen) atoms. The van der Waals surface area contributed by atoms with Crippen LogP contribution in [0, 0.1) is 12.7 Å². The molecule has 0 spiro atoms. The second-order valence-corrected chi connectivity index (χ2v) is 5.63. The first-order valence-corrected chi connectivity index (χ1v) is 7.31. The molecule has 0 fully saturated rings. The molecule has 6 heteroatoms. The average Bonchev–Trinajstić information content (AvgIpc) is 2.45. The van der Waals surface area contributed by atoms with Gasteiger partial charge in [0.05, 0.1) is 5.02 Å². The second kappa shape index (κ2) is 6.99. The average molecular weight is 342 g/mol. The maximum absolute atomic E-state index is 13.1. The van der Waals surface area contributed by atoms with E-state index < -0.39 is 11.9 Å². The molecule has 0 aliphatic carbocycles. The normalized spacial score (nSPS) is 11.9. The molecular formula is C16H14Cl2FNO2. The van der Waals surface area contributed by atoms with Crippen molar-refractivity contribution in [2.75, 3.05) is 5.32 Å². The molecule has 0 aromatic heterocycles. The number of aryl methyl sites for hydroxylation is 1. The summed E-state index contributed by atoms with van der Waals surface area (Å²) in [4.78, 5) is 12.1. The molecule has 116 valence electrons. The van der Waals surface area contributed by atoms with Crippen LogP contribution in [0.4, 0.5) is 10.1 Å². The highest BCUT2D eigenvalue weighted by Crippen LogP contribution is 2.23. The predicted molar refractivity (Wildman–Crippen MR) is 86.3 cm³/mol. The van der Waals surface area contributed by atoms with Crippen LogP contribution in [0.25, 0.3) is 0 Å². The van der Waals surface area contributed by atoms with Gasteiger partial charge in [-0.3, -0.25) is 4.79 Å². The fraction of sp³-hybridized carbons (Fsp3) is 0.188. The molecule has 2 aromatic rings. The summed E-state index contributed by atoms with van der Waals surface area (Å²) in [7, 11) is 0. The largest absolute Gasteiger partial charge is 0.481 e. The molecule has 1 amide bonds. The van der Waals surface area contributed by atoms with Gasteiger partial charge in [0, 0.05) is 10.7 Å². The molecule has 1 atom stereocenters. The van der Waals surface area contributed by atoms with E-state index in [0.717, 1.165) is 5.56 Å². The molecule has 1 N–H and O–H groups in total. The summed E-state index contributed by atoms with van der Waals surface area (Å²) in [6, 6.07) is 9.10. The summed E-state index contributed by atoms with van der Waals surface area (Å²) in [5.74, 6) is -0.332. The van der Waals surface area contributed by atoms with Gasteiger partial charge in [-0.25, -0.2) is 4.39 Å². The van der Waals surface area contributed by atoms with E-state index in [9.17, 15) is 9.18 Å². The lowest BCUT2D eigenvalue weighted by atomic mass is 10.2. The second-order valence-electron chi connectivity index (χ2n) is 4.79. The molecule has 0 heterocycles. The number of carbonyl (C=O) groups is 1. The summed E-state index contributed by atoms with van der Waals surface area (Å²) in [5, 5.41) is 3.16. The quantitative estimate of drug-likeness (QED) is 0.863. The van der Waals surface area contributed by atoms with Gasteiger partial charge in [-0.2, -0.15) is 0 Å². The smallest absolute Gasteiger partial charge is 0.265 e. The van der Waals surface area contributed by atoms with Gasteiger partial charge in [0.15, 0.2) is 6.10 Å². The van der Waals surface area contributed by atoms with E-state index in [1.54, 1.807) is 25.1 Å². The van der Waals surface area contributed by atoms with Crippen LogP contribution in [0.1, 0.15) is 12.5 Å². The molecule has 2 rings (SSSR count). The van der Waals surface area contributed by atoms with Crippen molar-refractivity contribution in [1.82, 2.24) is 0 Å². The molecule has 0 aliphatic heterocycles. The molecule has 0 aliphatic rings. The Labute approximate surface area is 138 Å². The van der Waals surface area contributed by atoms with E-state index in [0.29, 0.717) is 16.5 Å². The maximum atomic E-state index is 13.1. The zero-order valence-electron chi connectivity index (χ0n) is 12.0. The van der Waals surface area contributed by atoms with Gasteiger partial charge in [0.2, 0.25) is 0 Å². The summed E-state index contributed by atoms with van der Waals surface area (Å²) in [6.45, 7) is 3.46. The van der Waals surface area contributed by atoms with Crippen molar-refractivity contribution in [3.8, 4) is 5.75 Å². The Morgan fingerprint density at radius 3 is 2.59 bits per heavy atom. The van der Waals surface area contributed by atoms with Crippen LogP contribution in [0.2, 0.25) is 10.0 Å². The van der Waals surface area contributed by atoms with E-state index >= 15 is 0 Å². The highest BCUT2D eigenvalue weighted by atomic mass is 35.5. The molecule has 3 nitrogen and oxygen atoms in total. The van der Waals surface area contributed by atoms with Gasteiger partial charge in [0.25, 0.3) is 5.91 Å². The third-order valence-corrected chi connectivity index (χ3v) is 3.52. The van der Waals surface area contributed by atoms with Crippen LogP contribution in [0.5, 0.6) is 5.75 Å². The van der Waals surface area contributed by atoms with Crippen molar-refractivity contribution in [3.05, 3.63) is 57.8 Å². The van der Waals surface area contributed by atoms with E-state index in [4.69, 9.17) is 27.9 Å². The van der Waals surface area contributed by atoms with Gasteiger partial charge in [-0.1, -0.05) is 23.2 Å². The Hall–Kier alpha value is -1.78. The lowest BCUT2D eigenvalue weighted by Gasteiger charge is -2.16. The van der Waals surface area contributed by atoms with E-state index in [2.05, 4.69) is 5.32 Å². The van der Waals surface area contributed by atoms with Crippen molar-refractivity contribution in [1.29, 1.82) is 0 Å². The van der Waals surface area contributed by atoms with Gasteiger partial charge in [-0.05, 0) is 55.8 Å². The third kappa shape index (κ3) is 4.12. The fourth-order valence-electron chi connectivity index (χ4n) is 1.81. The van der Waals surface area contributed by atoms with E-state index in [1.807, 2.05) is 6.92 Å². The van der Waals surface area contributed by atoms with E-state index in [1.165, 1.54) is 18.2 Å². The van der Waals surface area contributed by atoms with Crippen molar-refractivity contribution >= 4 is 34.8 Å². The highest BCUT2D eigenvalue weighted by molar-refractivity contribution is 6.31. The maximum Gasteiger partial charge on any atom is 0.265 e. The number of benzene rings is 2. The number of ether oxygens (including phenoxy) is 1. The highest BCUT2D eigenvalue weighted by Gasteiger charge is 2.16. The van der Waals surface area contributed by atoms with Gasteiger partial charge < -0.3 is 10.1 Å². The van der Waals surface area contributed by atoms with E-state index in [-0.39, 0.29) is 10.9 Å². The number of nitrogens with one attached hydrogen (secondary N) is 1. The minimum atomic E-state index is -0.733. The van der Waals surface area contributed by atoms with Crippen molar-refractivity contribution in [3.63, 3.8) is 0 Å². The van der Waals surface area contributed by atoms with Crippen LogP contribution in [-0.4, -0.2) is 12.0 Å². The van der Waals surface area contributed by atoms with Crippen LogP contribution in [-0.2, 0) is 4.79 Å². The van der Waals surface area contributed by atoms with Gasteiger partial charge in [0.1, 0.15) is 11.6 Å². The molecule has 0 unspecified atom stereocenters.